The maximum absolute atomic E-state index is 12.8. The van der Waals surface area contributed by atoms with Gasteiger partial charge in [0.1, 0.15) is 5.54 Å². The van der Waals surface area contributed by atoms with Crippen LogP contribution in [0.15, 0.2) is 0 Å². The van der Waals surface area contributed by atoms with Gasteiger partial charge in [-0.25, -0.2) is 4.79 Å². The molecule has 21 heavy (non-hydrogen) atoms. The first-order valence-corrected chi connectivity index (χ1v) is 8.22. The molecule has 1 spiro atoms. The van der Waals surface area contributed by atoms with Crippen LogP contribution in [0.25, 0.3) is 0 Å². The van der Waals surface area contributed by atoms with Crippen LogP contribution in [0.2, 0.25) is 0 Å². The number of nitrogens with two attached hydrogens (primary N) is 1. The summed E-state index contributed by atoms with van der Waals surface area (Å²) in [7, 11) is 0. The summed E-state index contributed by atoms with van der Waals surface area (Å²) in [4.78, 5) is 26.9. The highest BCUT2D eigenvalue weighted by Gasteiger charge is 2.57. The van der Waals surface area contributed by atoms with Crippen molar-refractivity contribution in [1.82, 2.24) is 10.2 Å². The molecule has 2 atom stereocenters. The first-order chi connectivity index (χ1) is 9.89. The number of hydrogen-bond donors (Lipinski definition) is 2. The van der Waals surface area contributed by atoms with Crippen LogP contribution < -0.4 is 11.1 Å². The number of carbonyl (C=O) groups is 2. The molecule has 6 heteroatoms. The van der Waals surface area contributed by atoms with Crippen molar-refractivity contribution in [2.75, 3.05) is 6.54 Å². The second kappa shape index (κ2) is 6.30. The van der Waals surface area contributed by atoms with Crippen molar-refractivity contribution in [2.24, 2.45) is 17.6 Å². The first-order valence-electron chi connectivity index (χ1n) is 7.82. The SMILES string of the molecule is CC1CCCC(C)C12NC(=O)N(CCCCC(N)=S)C2=O. The van der Waals surface area contributed by atoms with Crippen LogP contribution >= 0.6 is 12.2 Å². The largest absolute Gasteiger partial charge is 0.393 e. The summed E-state index contributed by atoms with van der Waals surface area (Å²) in [5.41, 5.74) is 4.78. The Morgan fingerprint density at radius 3 is 2.52 bits per heavy atom. The number of thiocarbonyl (C=S) groups is 1. The van der Waals surface area contributed by atoms with E-state index in [0.29, 0.717) is 18.0 Å². The van der Waals surface area contributed by atoms with Gasteiger partial charge in [-0.3, -0.25) is 9.69 Å². The molecule has 2 unspecified atom stereocenters. The lowest BCUT2D eigenvalue weighted by molar-refractivity contribution is -0.136. The molecule has 0 bridgehead atoms. The van der Waals surface area contributed by atoms with E-state index >= 15 is 0 Å². The monoisotopic (exact) mass is 311 g/mol. The van der Waals surface area contributed by atoms with E-state index in [-0.39, 0.29) is 23.8 Å². The minimum absolute atomic E-state index is 0.0393. The van der Waals surface area contributed by atoms with Crippen LogP contribution in [0, 0.1) is 11.8 Å². The number of nitrogens with zero attached hydrogens (tertiary/aromatic N) is 1. The fraction of sp³-hybridized carbons (Fsp3) is 0.800. The molecule has 2 aliphatic rings. The molecule has 118 valence electrons. The molecule has 5 nitrogen and oxygen atoms in total. The molecule has 1 heterocycles. The topological polar surface area (TPSA) is 75.4 Å². The van der Waals surface area contributed by atoms with Gasteiger partial charge in [0.05, 0.1) is 4.99 Å². The molecule has 3 N–H and O–H groups in total. The van der Waals surface area contributed by atoms with Gasteiger partial charge in [-0.05, 0) is 43.9 Å². The average molecular weight is 311 g/mol. The molecule has 0 aromatic heterocycles. The molecular formula is C15H25N3O2S. The molecular weight excluding hydrogens is 286 g/mol. The average Bonchev–Trinajstić information content (AvgIpc) is 2.66. The smallest absolute Gasteiger partial charge is 0.325 e. The van der Waals surface area contributed by atoms with Crippen LogP contribution in [0.5, 0.6) is 0 Å². The number of rotatable bonds is 5. The van der Waals surface area contributed by atoms with Crippen molar-refractivity contribution in [2.45, 2.75) is 57.9 Å². The Balaban J connectivity index is 2.03. The molecule has 1 saturated heterocycles. The lowest BCUT2D eigenvalue weighted by atomic mass is 9.67. The zero-order chi connectivity index (χ0) is 15.6. The molecule has 0 radical (unpaired) electrons. The molecule has 1 aliphatic carbocycles. The van der Waals surface area contributed by atoms with Gasteiger partial charge in [-0.15, -0.1) is 0 Å². The van der Waals surface area contributed by atoms with Gasteiger partial charge in [0.25, 0.3) is 5.91 Å². The third-order valence-corrected chi connectivity index (χ3v) is 5.25. The summed E-state index contributed by atoms with van der Waals surface area (Å²) >= 11 is 4.84. The number of unbranched alkanes of at least 4 members (excludes halogenated alkanes) is 1. The second-order valence-electron chi connectivity index (χ2n) is 6.41. The van der Waals surface area contributed by atoms with Crippen LogP contribution in [0.1, 0.15) is 52.4 Å². The Kier molecular flexibility index (Phi) is 4.86. The van der Waals surface area contributed by atoms with Gasteiger partial charge < -0.3 is 11.1 Å². The molecule has 1 aliphatic heterocycles. The van der Waals surface area contributed by atoms with Crippen molar-refractivity contribution in [1.29, 1.82) is 0 Å². The van der Waals surface area contributed by atoms with E-state index in [1.807, 2.05) is 0 Å². The normalized spacial score (nSPS) is 32.6. The Bertz CT molecular complexity index is 442. The number of hydrogen-bond acceptors (Lipinski definition) is 3. The van der Waals surface area contributed by atoms with E-state index in [9.17, 15) is 9.59 Å². The van der Waals surface area contributed by atoms with Crippen molar-refractivity contribution in [3.8, 4) is 0 Å². The number of urea groups is 1. The third kappa shape index (κ3) is 2.91. The Morgan fingerprint density at radius 2 is 1.95 bits per heavy atom. The maximum Gasteiger partial charge on any atom is 0.325 e. The second-order valence-corrected chi connectivity index (χ2v) is 6.94. The summed E-state index contributed by atoms with van der Waals surface area (Å²) in [6.07, 6.45) is 5.33. The predicted octanol–water partition coefficient (Wildman–Crippen LogP) is 2.19. The van der Waals surface area contributed by atoms with E-state index in [4.69, 9.17) is 18.0 Å². The zero-order valence-electron chi connectivity index (χ0n) is 12.9. The van der Waals surface area contributed by atoms with Crippen LogP contribution in [-0.4, -0.2) is 33.9 Å². The molecule has 0 aromatic carbocycles. The van der Waals surface area contributed by atoms with Gasteiger partial charge in [-0.2, -0.15) is 0 Å². The van der Waals surface area contributed by atoms with Gasteiger partial charge in [0.2, 0.25) is 0 Å². The van der Waals surface area contributed by atoms with Crippen LogP contribution in [0.4, 0.5) is 4.79 Å². The van der Waals surface area contributed by atoms with Crippen molar-refractivity contribution in [3.63, 3.8) is 0 Å². The van der Waals surface area contributed by atoms with Gasteiger partial charge in [-0.1, -0.05) is 32.5 Å². The predicted molar refractivity (Wildman–Crippen MR) is 85.8 cm³/mol. The van der Waals surface area contributed by atoms with Crippen molar-refractivity contribution < 1.29 is 9.59 Å². The van der Waals surface area contributed by atoms with Crippen molar-refractivity contribution >= 4 is 29.1 Å². The van der Waals surface area contributed by atoms with E-state index in [0.717, 1.165) is 32.1 Å². The van der Waals surface area contributed by atoms with Crippen LogP contribution in [-0.2, 0) is 4.79 Å². The first kappa shape index (κ1) is 16.2. The zero-order valence-corrected chi connectivity index (χ0v) is 13.7. The summed E-state index contributed by atoms with van der Waals surface area (Å²) in [6, 6.07) is -0.240. The summed E-state index contributed by atoms with van der Waals surface area (Å²) in [5, 5.41) is 3.01. The Labute approximate surface area is 131 Å². The number of carbonyl (C=O) groups excluding carboxylic acids is 2. The molecule has 1 saturated carbocycles. The number of nitrogens with one attached hydrogen (secondary N) is 1. The lowest BCUT2D eigenvalue weighted by Gasteiger charge is -2.42. The minimum Gasteiger partial charge on any atom is -0.393 e. The van der Waals surface area contributed by atoms with Crippen LogP contribution in [0.3, 0.4) is 0 Å². The summed E-state index contributed by atoms with van der Waals surface area (Å²) in [5.74, 6) is 0.348. The maximum atomic E-state index is 12.8. The lowest BCUT2D eigenvalue weighted by Crippen LogP contribution is -2.58. The van der Waals surface area contributed by atoms with E-state index in [1.165, 1.54) is 4.90 Å². The van der Waals surface area contributed by atoms with E-state index in [2.05, 4.69) is 19.2 Å². The number of imide groups is 1. The highest BCUT2D eigenvalue weighted by Crippen LogP contribution is 2.42. The summed E-state index contributed by atoms with van der Waals surface area (Å²) in [6.45, 7) is 4.60. The highest BCUT2D eigenvalue weighted by molar-refractivity contribution is 7.80. The molecule has 3 amide bonds. The Hall–Kier alpha value is -1.17. The molecule has 0 aromatic rings. The van der Waals surface area contributed by atoms with Gasteiger partial charge in [0, 0.05) is 6.54 Å². The fourth-order valence-electron chi connectivity index (χ4n) is 3.72. The van der Waals surface area contributed by atoms with Crippen molar-refractivity contribution in [3.05, 3.63) is 0 Å². The van der Waals surface area contributed by atoms with Gasteiger partial charge >= 0.3 is 6.03 Å². The molecule has 2 fully saturated rings. The summed E-state index contributed by atoms with van der Waals surface area (Å²) < 4.78 is 0. The molecule has 2 rings (SSSR count). The minimum atomic E-state index is -0.682. The highest BCUT2D eigenvalue weighted by atomic mass is 32.1. The standard InChI is InChI=1S/C15H25N3O2S/c1-10-6-5-7-11(2)15(10)13(19)18(14(20)17-15)9-4-3-8-12(16)21/h10-11H,3-9H2,1-2H3,(H2,16,21)(H,17,20). The fourth-order valence-corrected chi connectivity index (χ4v) is 3.87. The number of amides is 3. The quantitative estimate of drug-likeness (QED) is 0.463. The van der Waals surface area contributed by atoms with E-state index in [1.54, 1.807) is 0 Å². The Morgan fingerprint density at radius 1 is 1.33 bits per heavy atom. The van der Waals surface area contributed by atoms with E-state index < -0.39 is 5.54 Å². The van der Waals surface area contributed by atoms with Gasteiger partial charge in [0.15, 0.2) is 0 Å². The third-order valence-electron chi connectivity index (χ3n) is 5.04.